The summed E-state index contributed by atoms with van der Waals surface area (Å²) in [6.45, 7) is 13.3. The number of anilines is 3. The van der Waals surface area contributed by atoms with E-state index in [4.69, 9.17) is 9.47 Å². The Kier molecular flexibility index (Phi) is 10.6. The highest BCUT2D eigenvalue weighted by Gasteiger charge is 2.36. The third-order valence-electron chi connectivity index (χ3n) is 7.08. The molecule has 0 bridgehead atoms. The number of likely N-dealkylation sites (tertiary alicyclic amines) is 1. The number of benzene rings is 2. The largest absolute Gasteiger partial charge is 0.462 e. The second-order valence-corrected chi connectivity index (χ2v) is 13.0. The van der Waals surface area contributed by atoms with Crippen LogP contribution in [0.2, 0.25) is 0 Å². The first-order chi connectivity index (χ1) is 21.2. The normalized spacial score (nSPS) is 14.4. The molecule has 9 nitrogen and oxygen atoms in total. The summed E-state index contributed by atoms with van der Waals surface area (Å²) < 4.78 is 54.4. The number of carbonyl (C=O) groups excluding carboxylic acids is 2. The lowest BCUT2D eigenvalue weighted by atomic mass is 9.96. The number of ether oxygens (including phenoxy) is 2. The Balaban J connectivity index is 1.73. The summed E-state index contributed by atoms with van der Waals surface area (Å²) >= 11 is 0.622. The Morgan fingerprint density at radius 2 is 1.80 bits per heavy atom. The molecule has 1 N–H and O–H groups in total. The molecule has 0 atom stereocenters. The molecule has 0 aliphatic carbocycles. The van der Waals surface area contributed by atoms with Crippen LogP contribution < -0.4 is 10.2 Å². The van der Waals surface area contributed by atoms with Crippen LogP contribution in [-0.4, -0.2) is 64.2 Å². The number of carbonyl (C=O) groups is 2. The molecule has 1 saturated heterocycles. The lowest BCUT2D eigenvalue weighted by Crippen LogP contribution is -2.49. The fourth-order valence-corrected chi connectivity index (χ4v) is 5.80. The summed E-state index contributed by atoms with van der Waals surface area (Å²) in [5.41, 5.74) is 2.37. The molecule has 2 aromatic carbocycles. The first-order valence-electron chi connectivity index (χ1n) is 15.0. The van der Waals surface area contributed by atoms with Gasteiger partial charge in [-0.05, 0) is 75.8 Å². The first-order valence-corrected chi connectivity index (χ1v) is 15.8. The smallest absolute Gasteiger partial charge is 0.452 e. The minimum absolute atomic E-state index is 0.0105. The monoisotopic (exact) mass is 647 g/mol. The number of rotatable bonds is 9. The van der Waals surface area contributed by atoms with Gasteiger partial charge in [0.05, 0.1) is 23.5 Å². The summed E-state index contributed by atoms with van der Waals surface area (Å²) in [4.78, 5) is 33.1. The molecular formula is C32H40F3N5O4S. The number of hydrogen-bond acceptors (Lipinski definition) is 9. The maximum atomic E-state index is 13.3. The molecule has 4 rings (SSSR count). The van der Waals surface area contributed by atoms with Gasteiger partial charge >= 0.3 is 18.2 Å². The minimum Gasteiger partial charge on any atom is -0.462 e. The second kappa shape index (κ2) is 14.1. The molecule has 1 fully saturated rings. The summed E-state index contributed by atoms with van der Waals surface area (Å²) in [7, 11) is 0. The average molecular weight is 648 g/mol. The van der Waals surface area contributed by atoms with E-state index < -0.39 is 23.6 Å². The number of piperidine rings is 1. The van der Waals surface area contributed by atoms with E-state index in [0.717, 1.165) is 5.69 Å². The van der Waals surface area contributed by atoms with Crippen LogP contribution in [0.5, 0.6) is 0 Å². The van der Waals surface area contributed by atoms with E-state index in [1.54, 1.807) is 30.0 Å². The van der Waals surface area contributed by atoms with Gasteiger partial charge < -0.3 is 24.6 Å². The van der Waals surface area contributed by atoms with Crippen molar-refractivity contribution in [1.82, 2.24) is 14.3 Å². The summed E-state index contributed by atoms with van der Waals surface area (Å²) in [6.07, 6.45) is -3.67. The van der Waals surface area contributed by atoms with Gasteiger partial charge in [0.25, 0.3) is 0 Å². The van der Waals surface area contributed by atoms with Crippen molar-refractivity contribution in [2.45, 2.75) is 72.2 Å². The fraction of sp³-hybridized carbons (Fsp3) is 0.500. The molecule has 1 amide bonds. The summed E-state index contributed by atoms with van der Waals surface area (Å²) in [6, 6.07) is 12.7. The van der Waals surface area contributed by atoms with Crippen LogP contribution in [0.15, 0.2) is 42.5 Å². The van der Waals surface area contributed by atoms with E-state index in [0.29, 0.717) is 66.4 Å². The molecule has 3 aromatic rings. The van der Waals surface area contributed by atoms with Crippen LogP contribution in [0.1, 0.15) is 70.6 Å². The Labute approximate surface area is 265 Å². The number of esters is 1. The SMILES string of the molecule is CCOC(=O)c1ccccc1-c1ccc(N(CC(C)C)C2CCN(C(=O)OC(C)(C)C)CC2)c(Nc2nc(C(F)(F)F)ns2)c1. The number of amides is 1. The van der Waals surface area contributed by atoms with Crippen LogP contribution >= 0.6 is 11.5 Å². The van der Waals surface area contributed by atoms with Crippen LogP contribution in [0.4, 0.5) is 34.5 Å². The highest BCUT2D eigenvalue weighted by Crippen LogP contribution is 2.39. The van der Waals surface area contributed by atoms with E-state index in [2.05, 4.69) is 33.4 Å². The van der Waals surface area contributed by atoms with Gasteiger partial charge in [-0.1, -0.05) is 38.1 Å². The molecule has 0 unspecified atom stereocenters. The topological polar surface area (TPSA) is 96.9 Å². The zero-order chi connectivity index (χ0) is 32.9. The Morgan fingerprint density at radius 3 is 2.40 bits per heavy atom. The quantitative estimate of drug-likeness (QED) is 0.234. The standard InChI is InChI=1S/C32H40F3N5O4S/c1-7-43-27(41)24-11-9-8-10-23(24)21-12-13-26(25(18-21)36-29-37-28(38-45-29)32(33,34)35)40(19-20(2)3)22-14-16-39(17-15-22)30(42)44-31(4,5)6/h8-13,18,20,22H,7,14-17,19H2,1-6H3,(H,36,37,38). The van der Waals surface area contributed by atoms with Crippen LogP contribution in [0, 0.1) is 5.92 Å². The van der Waals surface area contributed by atoms with E-state index >= 15 is 0 Å². The molecule has 0 radical (unpaired) electrons. The van der Waals surface area contributed by atoms with Crippen molar-refractivity contribution in [1.29, 1.82) is 0 Å². The minimum atomic E-state index is -4.68. The van der Waals surface area contributed by atoms with Crippen molar-refractivity contribution in [2.24, 2.45) is 5.92 Å². The number of nitrogens with one attached hydrogen (secondary N) is 1. The fourth-order valence-electron chi connectivity index (χ4n) is 5.20. The van der Waals surface area contributed by atoms with Gasteiger partial charge in [0.2, 0.25) is 11.0 Å². The molecule has 0 saturated carbocycles. The second-order valence-electron chi connectivity index (χ2n) is 12.3. The van der Waals surface area contributed by atoms with E-state index in [1.165, 1.54) is 0 Å². The van der Waals surface area contributed by atoms with Gasteiger partial charge in [-0.25, -0.2) is 9.59 Å². The summed E-state index contributed by atoms with van der Waals surface area (Å²) in [5.74, 6) is -1.43. The third kappa shape index (κ3) is 8.86. The molecular weight excluding hydrogens is 607 g/mol. The molecule has 45 heavy (non-hydrogen) atoms. The van der Waals surface area contributed by atoms with Gasteiger partial charge in [-0.15, -0.1) is 0 Å². The lowest BCUT2D eigenvalue weighted by Gasteiger charge is -2.41. The van der Waals surface area contributed by atoms with Crippen molar-refractivity contribution in [3.63, 3.8) is 0 Å². The molecule has 1 aliphatic rings. The molecule has 0 spiro atoms. The van der Waals surface area contributed by atoms with Crippen molar-refractivity contribution in [3.05, 3.63) is 53.9 Å². The zero-order valence-electron chi connectivity index (χ0n) is 26.4. The Hall–Kier alpha value is -3.87. The molecule has 244 valence electrons. The molecule has 2 heterocycles. The molecule has 1 aliphatic heterocycles. The molecule has 1 aromatic heterocycles. The van der Waals surface area contributed by atoms with Crippen LogP contribution in [-0.2, 0) is 15.7 Å². The lowest BCUT2D eigenvalue weighted by molar-refractivity contribution is -0.144. The maximum Gasteiger partial charge on any atom is 0.452 e. The maximum absolute atomic E-state index is 13.3. The zero-order valence-corrected chi connectivity index (χ0v) is 27.2. The molecule has 13 heteroatoms. The number of alkyl halides is 3. The van der Waals surface area contributed by atoms with Gasteiger partial charge in [0.1, 0.15) is 5.60 Å². The number of nitrogens with zero attached hydrogens (tertiary/aromatic N) is 4. The third-order valence-corrected chi connectivity index (χ3v) is 7.71. The van der Waals surface area contributed by atoms with Crippen molar-refractivity contribution in [3.8, 4) is 11.1 Å². The van der Waals surface area contributed by atoms with Crippen molar-refractivity contribution in [2.75, 3.05) is 36.5 Å². The van der Waals surface area contributed by atoms with Crippen LogP contribution in [0.25, 0.3) is 11.1 Å². The van der Waals surface area contributed by atoms with Gasteiger partial charge in [0, 0.05) is 37.2 Å². The van der Waals surface area contributed by atoms with Crippen molar-refractivity contribution >= 4 is 40.1 Å². The number of aromatic nitrogens is 2. The average Bonchev–Trinajstić information content (AvgIpc) is 3.45. The van der Waals surface area contributed by atoms with Crippen LogP contribution in [0.3, 0.4) is 0 Å². The van der Waals surface area contributed by atoms with Gasteiger partial charge in [-0.3, -0.25) is 0 Å². The number of hydrogen-bond donors (Lipinski definition) is 1. The van der Waals surface area contributed by atoms with Gasteiger partial charge in [-0.2, -0.15) is 22.5 Å². The highest BCUT2D eigenvalue weighted by atomic mass is 32.1. The highest BCUT2D eigenvalue weighted by molar-refractivity contribution is 7.09. The predicted molar refractivity (Wildman–Crippen MR) is 169 cm³/mol. The Bertz CT molecular complexity index is 1480. The summed E-state index contributed by atoms with van der Waals surface area (Å²) in [5, 5.41) is 3.09. The van der Waals surface area contributed by atoms with E-state index in [9.17, 15) is 22.8 Å². The van der Waals surface area contributed by atoms with E-state index in [-0.39, 0.29) is 29.8 Å². The van der Waals surface area contributed by atoms with Gasteiger partial charge in [0.15, 0.2) is 0 Å². The number of halogens is 3. The van der Waals surface area contributed by atoms with Crippen molar-refractivity contribution < 1.29 is 32.2 Å². The van der Waals surface area contributed by atoms with E-state index in [1.807, 2.05) is 45.0 Å². The first kappa shape index (κ1) is 34.0. The predicted octanol–water partition coefficient (Wildman–Crippen LogP) is 8.01. The Morgan fingerprint density at radius 1 is 1.11 bits per heavy atom.